The Morgan fingerprint density at radius 1 is 1.31 bits per heavy atom. The zero-order chi connectivity index (χ0) is 8.97. The highest BCUT2D eigenvalue weighted by molar-refractivity contribution is 5.85. The molecule has 74 valence electrons. The van der Waals surface area contributed by atoms with Crippen LogP contribution in [0.4, 0.5) is 0 Å². The van der Waals surface area contributed by atoms with Crippen molar-refractivity contribution in [1.29, 1.82) is 0 Å². The smallest absolute Gasteiger partial charge is 0.0449 e. The Morgan fingerprint density at radius 2 is 1.85 bits per heavy atom. The van der Waals surface area contributed by atoms with E-state index in [9.17, 15) is 0 Å². The molecule has 0 aliphatic heterocycles. The molecule has 0 radical (unpaired) electrons. The second kappa shape index (κ2) is 5.97. The quantitative estimate of drug-likeness (QED) is 0.784. The Kier molecular flexibility index (Phi) is 5.71. The van der Waals surface area contributed by atoms with Gasteiger partial charge in [0.05, 0.1) is 0 Å². The van der Waals surface area contributed by atoms with Crippen LogP contribution in [0.2, 0.25) is 0 Å². The van der Waals surface area contributed by atoms with Gasteiger partial charge in [0.25, 0.3) is 0 Å². The summed E-state index contributed by atoms with van der Waals surface area (Å²) in [4.78, 5) is 0. The first-order chi connectivity index (χ1) is 5.74. The molecule has 1 aromatic rings. The summed E-state index contributed by atoms with van der Waals surface area (Å²) in [5.41, 5.74) is 8.12. The Bertz CT molecular complexity index is 235. The highest BCUT2D eigenvalue weighted by Crippen LogP contribution is 2.13. The van der Waals surface area contributed by atoms with Crippen molar-refractivity contribution < 1.29 is 5.11 Å². The topological polar surface area (TPSA) is 46.2 Å². The van der Waals surface area contributed by atoms with E-state index in [0.29, 0.717) is 6.42 Å². The molecule has 3 N–H and O–H groups in total. The number of aliphatic hydroxyl groups is 1. The lowest BCUT2D eigenvalue weighted by Gasteiger charge is -2.09. The van der Waals surface area contributed by atoms with Crippen molar-refractivity contribution in [2.45, 2.75) is 19.4 Å². The van der Waals surface area contributed by atoms with Crippen LogP contribution in [0.5, 0.6) is 0 Å². The number of benzene rings is 1. The van der Waals surface area contributed by atoms with Gasteiger partial charge in [-0.15, -0.1) is 12.4 Å². The van der Waals surface area contributed by atoms with Gasteiger partial charge in [-0.2, -0.15) is 0 Å². The maximum absolute atomic E-state index is 8.67. The number of hydrogen-bond donors (Lipinski definition) is 2. The van der Waals surface area contributed by atoms with E-state index >= 15 is 0 Å². The van der Waals surface area contributed by atoms with Gasteiger partial charge in [0.1, 0.15) is 0 Å². The monoisotopic (exact) mass is 201 g/mol. The minimum Gasteiger partial charge on any atom is -0.396 e. The summed E-state index contributed by atoms with van der Waals surface area (Å²) in [5, 5.41) is 8.67. The maximum atomic E-state index is 8.67. The first kappa shape index (κ1) is 12.4. The summed E-state index contributed by atoms with van der Waals surface area (Å²) in [6.07, 6.45) is 0.628. The fraction of sp³-hybridized carbons (Fsp3) is 0.400. The SMILES string of the molecule is Cc1ccc([C@@H](N)CCO)cc1.Cl. The van der Waals surface area contributed by atoms with Crippen LogP contribution in [0.1, 0.15) is 23.6 Å². The third-order valence-electron chi connectivity index (χ3n) is 1.95. The van der Waals surface area contributed by atoms with Crippen LogP contribution in [-0.2, 0) is 0 Å². The van der Waals surface area contributed by atoms with Crippen LogP contribution >= 0.6 is 12.4 Å². The summed E-state index contributed by atoms with van der Waals surface area (Å²) in [6.45, 7) is 2.19. The van der Waals surface area contributed by atoms with Gasteiger partial charge in [0.15, 0.2) is 0 Å². The van der Waals surface area contributed by atoms with E-state index < -0.39 is 0 Å². The third-order valence-corrected chi connectivity index (χ3v) is 1.95. The molecule has 2 nitrogen and oxygen atoms in total. The summed E-state index contributed by atoms with van der Waals surface area (Å²) in [5.74, 6) is 0. The van der Waals surface area contributed by atoms with Gasteiger partial charge in [-0.05, 0) is 18.9 Å². The van der Waals surface area contributed by atoms with Crippen LogP contribution < -0.4 is 5.73 Å². The Morgan fingerprint density at radius 3 is 2.31 bits per heavy atom. The summed E-state index contributed by atoms with van der Waals surface area (Å²) >= 11 is 0. The van der Waals surface area contributed by atoms with Crippen molar-refractivity contribution in [3.8, 4) is 0 Å². The Hall–Kier alpha value is -0.570. The van der Waals surface area contributed by atoms with Crippen molar-refractivity contribution in [2.75, 3.05) is 6.61 Å². The molecule has 0 aromatic heterocycles. The van der Waals surface area contributed by atoms with E-state index in [0.717, 1.165) is 5.56 Å². The lowest BCUT2D eigenvalue weighted by Crippen LogP contribution is -2.11. The fourth-order valence-electron chi connectivity index (χ4n) is 1.12. The lowest BCUT2D eigenvalue weighted by atomic mass is 10.0. The number of aliphatic hydroxyl groups excluding tert-OH is 1. The van der Waals surface area contributed by atoms with E-state index in [1.165, 1.54) is 5.56 Å². The second-order valence-corrected chi connectivity index (χ2v) is 3.03. The first-order valence-corrected chi connectivity index (χ1v) is 4.17. The molecule has 1 aromatic carbocycles. The molecule has 0 bridgehead atoms. The molecule has 0 spiro atoms. The Balaban J connectivity index is 0.00000144. The van der Waals surface area contributed by atoms with Crippen LogP contribution in [0.3, 0.4) is 0 Å². The van der Waals surface area contributed by atoms with Gasteiger partial charge in [0, 0.05) is 12.6 Å². The minimum absolute atomic E-state index is 0. The van der Waals surface area contributed by atoms with Gasteiger partial charge >= 0.3 is 0 Å². The second-order valence-electron chi connectivity index (χ2n) is 3.03. The standard InChI is InChI=1S/C10H15NO.ClH/c1-8-2-4-9(5-3-8)10(11)6-7-12;/h2-5,10,12H,6-7,11H2,1H3;1H/t10-;/m0./s1. The molecule has 3 heteroatoms. The number of rotatable bonds is 3. The number of aryl methyl sites for hydroxylation is 1. The molecule has 0 unspecified atom stereocenters. The molecule has 13 heavy (non-hydrogen) atoms. The Labute approximate surface area is 85.2 Å². The average molecular weight is 202 g/mol. The minimum atomic E-state index is -0.0319. The van der Waals surface area contributed by atoms with Crippen molar-refractivity contribution >= 4 is 12.4 Å². The predicted molar refractivity (Wildman–Crippen MR) is 57.1 cm³/mol. The van der Waals surface area contributed by atoms with Crippen molar-refractivity contribution in [1.82, 2.24) is 0 Å². The van der Waals surface area contributed by atoms with Crippen molar-refractivity contribution in [3.05, 3.63) is 35.4 Å². The predicted octanol–water partition coefficient (Wildman–Crippen LogP) is 1.80. The molecule has 0 fully saturated rings. The van der Waals surface area contributed by atoms with Crippen LogP contribution in [0.25, 0.3) is 0 Å². The summed E-state index contributed by atoms with van der Waals surface area (Å²) < 4.78 is 0. The third kappa shape index (κ3) is 3.77. The van der Waals surface area contributed by atoms with Gasteiger partial charge in [0.2, 0.25) is 0 Å². The first-order valence-electron chi connectivity index (χ1n) is 4.17. The normalized spacial score (nSPS) is 11.9. The zero-order valence-corrected chi connectivity index (χ0v) is 8.55. The van der Waals surface area contributed by atoms with E-state index in [2.05, 4.69) is 0 Å². The summed E-state index contributed by atoms with van der Waals surface area (Å²) in [6, 6.07) is 8.06. The van der Waals surface area contributed by atoms with Gasteiger partial charge in [-0.3, -0.25) is 0 Å². The number of halogens is 1. The molecule has 0 saturated carbocycles. The van der Waals surface area contributed by atoms with E-state index in [1.807, 2.05) is 31.2 Å². The number of hydrogen-bond acceptors (Lipinski definition) is 2. The molecule has 0 aliphatic carbocycles. The molecular weight excluding hydrogens is 186 g/mol. The summed E-state index contributed by atoms with van der Waals surface area (Å²) in [7, 11) is 0. The van der Waals surface area contributed by atoms with Gasteiger partial charge in [-0.1, -0.05) is 29.8 Å². The van der Waals surface area contributed by atoms with Crippen LogP contribution in [0.15, 0.2) is 24.3 Å². The fourth-order valence-corrected chi connectivity index (χ4v) is 1.12. The lowest BCUT2D eigenvalue weighted by molar-refractivity contribution is 0.276. The molecule has 0 aliphatic rings. The van der Waals surface area contributed by atoms with E-state index in [-0.39, 0.29) is 25.1 Å². The molecule has 0 heterocycles. The highest BCUT2D eigenvalue weighted by Gasteiger charge is 2.03. The molecule has 0 amide bonds. The van der Waals surface area contributed by atoms with E-state index in [1.54, 1.807) is 0 Å². The molecule has 0 saturated heterocycles. The van der Waals surface area contributed by atoms with Crippen LogP contribution in [-0.4, -0.2) is 11.7 Å². The van der Waals surface area contributed by atoms with Crippen molar-refractivity contribution in [3.63, 3.8) is 0 Å². The molecular formula is C10H16ClNO. The highest BCUT2D eigenvalue weighted by atomic mass is 35.5. The van der Waals surface area contributed by atoms with Gasteiger partial charge < -0.3 is 10.8 Å². The number of nitrogens with two attached hydrogens (primary N) is 1. The van der Waals surface area contributed by atoms with Gasteiger partial charge in [-0.25, -0.2) is 0 Å². The van der Waals surface area contributed by atoms with Crippen LogP contribution in [0, 0.1) is 6.92 Å². The molecule has 1 rings (SSSR count). The zero-order valence-electron chi connectivity index (χ0n) is 7.73. The largest absolute Gasteiger partial charge is 0.396 e. The maximum Gasteiger partial charge on any atom is 0.0449 e. The average Bonchev–Trinajstić information content (AvgIpc) is 2.06. The molecule has 1 atom stereocenters. The van der Waals surface area contributed by atoms with E-state index in [4.69, 9.17) is 10.8 Å². The van der Waals surface area contributed by atoms with Crippen molar-refractivity contribution in [2.24, 2.45) is 5.73 Å².